The van der Waals surface area contributed by atoms with Crippen LogP contribution < -0.4 is 5.73 Å². The summed E-state index contributed by atoms with van der Waals surface area (Å²) in [6, 6.07) is 8.31. The van der Waals surface area contributed by atoms with Gasteiger partial charge in [0.25, 0.3) is 0 Å². The second-order valence-electron chi connectivity index (χ2n) is 4.48. The number of anilines is 1. The van der Waals surface area contributed by atoms with Gasteiger partial charge in [0.15, 0.2) is 5.65 Å². The molecular formula is C14H15N5. The van der Waals surface area contributed by atoms with Crippen molar-refractivity contribution in [3.05, 3.63) is 36.2 Å². The lowest BCUT2D eigenvalue weighted by Crippen LogP contribution is -1.95. The van der Waals surface area contributed by atoms with Crippen molar-refractivity contribution in [3.63, 3.8) is 0 Å². The van der Waals surface area contributed by atoms with Crippen LogP contribution in [0.2, 0.25) is 0 Å². The van der Waals surface area contributed by atoms with Gasteiger partial charge in [-0.3, -0.25) is 0 Å². The molecule has 96 valence electrons. The Morgan fingerprint density at radius 2 is 2.11 bits per heavy atom. The average Bonchev–Trinajstić information content (AvgIpc) is 2.78. The zero-order valence-corrected chi connectivity index (χ0v) is 11.0. The number of nitrogens with zero attached hydrogens (tertiary/aromatic N) is 4. The largest absolute Gasteiger partial charge is 0.383 e. The molecule has 0 fully saturated rings. The third kappa shape index (κ3) is 1.83. The summed E-state index contributed by atoms with van der Waals surface area (Å²) in [5.74, 6) is 0.468. The molecule has 2 aromatic heterocycles. The Hall–Kier alpha value is -2.43. The van der Waals surface area contributed by atoms with Gasteiger partial charge >= 0.3 is 0 Å². The Labute approximate surface area is 111 Å². The molecule has 5 heteroatoms. The lowest BCUT2D eigenvalue weighted by Gasteiger charge is -2.02. The molecule has 0 saturated heterocycles. The first-order valence-electron chi connectivity index (χ1n) is 6.23. The second kappa shape index (κ2) is 4.35. The van der Waals surface area contributed by atoms with Crippen LogP contribution in [0.25, 0.3) is 22.3 Å². The van der Waals surface area contributed by atoms with Crippen LogP contribution in [-0.4, -0.2) is 19.7 Å². The first-order valence-corrected chi connectivity index (χ1v) is 6.23. The van der Waals surface area contributed by atoms with E-state index in [1.807, 2.05) is 19.2 Å². The highest BCUT2D eigenvalue weighted by Gasteiger charge is 2.15. The van der Waals surface area contributed by atoms with Gasteiger partial charge in [-0.1, -0.05) is 25.1 Å². The predicted octanol–water partition coefficient (Wildman–Crippen LogP) is 2.17. The van der Waals surface area contributed by atoms with Gasteiger partial charge in [-0.2, -0.15) is 5.10 Å². The van der Waals surface area contributed by atoms with E-state index in [1.54, 1.807) is 4.68 Å². The summed E-state index contributed by atoms with van der Waals surface area (Å²) in [5.41, 5.74) is 9.88. The van der Waals surface area contributed by atoms with E-state index in [0.717, 1.165) is 28.7 Å². The van der Waals surface area contributed by atoms with Gasteiger partial charge in [-0.25, -0.2) is 14.6 Å². The molecule has 19 heavy (non-hydrogen) atoms. The van der Waals surface area contributed by atoms with E-state index in [9.17, 15) is 0 Å². The summed E-state index contributed by atoms with van der Waals surface area (Å²) in [4.78, 5) is 8.30. The van der Waals surface area contributed by atoms with E-state index in [-0.39, 0.29) is 0 Å². The first-order chi connectivity index (χ1) is 9.20. The highest BCUT2D eigenvalue weighted by Crippen LogP contribution is 2.29. The minimum absolute atomic E-state index is 0.468. The zero-order chi connectivity index (χ0) is 13.4. The van der Waals surface area contributed by atoms with Crippen molar-refractivity contribution in [3.8, 4) is 11.3 Å². The molecule has 0 radical (unpaired) electrons. The Morgan fingerprint density at radius 1 is 1.26 bits per heavy atom. The third-order valence-corrected chi connectivity index (χ3v) is 3.26. The summed E-state index contributed by atoms with van der Waals surface area (Å²) in [5, 5.41) is 5.35. The summed E-state index contributed by atoms with van der Waals surface area (Å²) >= 11 is 0. The van der Waals surface area contributed by atoms with Crippen molar-refractivity contribution in [2.45, 2.75) is 13.3 Å². The molecule has 1 aromatic carbocycles. The quantitative estimate of drug-likeness (QED) is 0.760. The number of nitrogens with two attached hydrogens (primary N) is 1. The lowest BCUT2D eigenvalue weighted by atomic mass is 10.0. The van der Waals surface area contributed by atoms with E-state index in [1.165, 1.54) is 11.9 Å². The molecule has 2 N–H and O–H groups in total. The predicted molar refractivity (Wildman–Crippen MR) is 75.5 cm³/mol. The second-order valence-corrected chi connectivity index (χ2v) is 4.48. The van der Waals surface area contributed by atoms with Crippen molar-refractivity contribution in [1.82, 2.24) is 19.7 Å². The molecule has 3 aromatic rings. The maximum absolute atomic E-state index is 5.97. The van der Waals surface area contributed by atoms with Gasteiger partial charge in [-0.15, -0.1) is 0 Å². The topological polar surface area (TPSA) is 69.6 Å². The van der Waals surface area contributed by atoms with Crippen molar-refractivity contribution >= 4 is 16.9 Å². The van der Waals surface area contributed by atoms with Crippen LogP contribution in [-0.2, 0) is 13.5 Å². The summed E-state index contributed by atoms with van der Waals surface area (Å²) in [7, 11) is 1.86. The maximum atomic E-state index is 5.97. The van der Waals surface area contributed by atoms with Gasteiger partial charge < -0.3 is 5.73 Å². The van der Waals surface area contributed by atoms with Crippen molar-refractivity contribution in [2.75, 3.05) is 5.73 Å². The SMILES string of the molecule is CCc1cccc(-c2nn(C)c3ncnc(N)c23)c1. The molecule has 0 atom stereocenters. The van der Waals surface area contributed by atoms with Crippen molar-refractivity contribution < 1.29 is 0 Å². The van der Waals surface area contributed by atoms with E-state index in [2.05, 4.69) is 34.1 Å². The van der Waals surface area contributed by atoms with Crippen LogP contribution in [0.1, 0.15) is 12.5 Å². The number of aryl methyl sites for hydroxylation is 2. The number of aromatic nitrogens is 4. The number of hydrogen-bond donors (Lipinski definition) is 1. The van der Waals surface area contributed by atoms with E-state index in [0.29, 0.717) is 5.82 Å². The minimum atomic E-state index is 0.468. The molecule has 0 aliphatic carbocycles. The highest BCUT2D eigenvalue weighted by molar-refractivity contribution is 5.98. The fourth-order valence-corrected chi connectivity index (χ4v) is 2.25. The Morgan fingerprint density at radius 3 is 2.89 bits per heavy atom. The molecule has 0 aliphatic rings. The van der Waals surface area contributed by atoms with Crippen LogP contribution in [0.4, 0.5) is 5.82 Å². The average molecular weight is 253 g/mol. The molecule has 3 rings (SSSR count). The smallest absolute Gasteiger partial charge is 0.163 e. The number of benzene rings is 1. The standard InChI is InChI=1S/C14H15N5/c1-3-9-5-4-6-10(7-9)12-11-13(15)16-8-17-14(11)19(2)18-12/h4-8H,3H2,1-2H3,(H2,15,16,17). The van der Waals surface area contributed by atoms with E-state index >= 15 is 0 Å². The normalized spacial score (nSPS) is 11.1. The van der Waals surface area contributed by atoms with Gasteiger partial charge in [0.1, 0.15) is 17.8 Å². The molecule has 0 spiro atoms. The molecule has 2 heterocycles. The number of fused-ring (bicyclic) bond motifs is 1. The Kier molecular flexibility index (Phi) is 2.67. The van der Waals surface area contributed by atoms with Gasteiger partial charge in [0, 0.05) is 12.6 Å². The summed E-state index contributed by atoms with van der Waals surface area (Å²) in [6.07, 6.45) is 2.45. The highest BCUT2D eigenvalue weighted by atomic mass is 15.3. The fraction of sp³-hybridized carbons (Fsp3) is 0.214. The van der Waals surface area contributed by atoms with Crippen LogP contribution in [0.5, 0.6) is 0 Å². The molecule has 0 saturated carbocycles. The number of nitrogen functional groups attached to an aromatic ring is 1. The van der Waals surface area contributed by atoms with Crippen LogP contribution in [0.15, 0.2) is 30.6 Å². The molecular weight excluding hydrogens is 238 g/mol. The van der Waals surface area contributed by atoms with E-state index < -0.39 is 0 Å². The van der Waals surface area contributed by atoms with Gasteiger partial charge in [0.05, 0.1) is 5.39 Å². The monoisotopic (exact) mass is 253 g/mol. The number of rotatable bonds is 2. The van der Waals surface area contributed by atoms with Gasteiger partial charge in [0.2, 0.25) is 0 Å². The van der Waals surface area contributed by atoms with Crippen LogP contribution >= 0.6 is 0 Å². The first kappa shape index (κ1) is 11.6. The van der Waals surface area contributed by atoms with Crippen molar-refractivity contribution in [1.29, 1.82) is 0 Å². The van der Waals surface area contributed by atoms with E-state index in [4.69, 9.17) is 5.73 Å². The summed E-state index contributed by atoms with van der Waals surface area (Å²) < 4.78 is 1.74. The molecule has 0 amide bonds. The lowest BCUT2D eigenvalue weighted by molar-refractivity contribution is 0.788. The van der Waals surface area contributed by atoms with Crippen LogP contribution in [0, 0.1) is 0 Å². The number of hydrogen-bond acceptors (Lipinski definition) is 4. The third-order valence-electron chi connectivity index (χ3n) is 3.26. The zero-order valence-electron chi connectivity index (χ0n) is 11.0. The van der Waals surface area contributed by atoms with Crippen LogP contribution in [0.3, 0.4) is 0 Å². The molecule has 5 nitrogen and oxygen atoms in total. The molecule has 0 bridgehead atoms. The Bertz CT molecular complexity index is 745. The van der Waals surface area contributed by atoms with Gasteiger partial charge in [-0.05, 0) is 18.1 Å². The molecule has 0 unspecified atom stereocenters. The van der Waals surface area contributed by atoms with Crippen molar-refractivity contribution in [2.24, 2.45) is 7.05 Å². The molecule has 0 aliphatic heterocycles. The summed E-state index contributed by atoms with van der Waals surface area (Å²) in [6.45, 7) is 2.13. The maximum Gasteiger partial charge on any atom is 0.163 e. The Balaban J connectivity index is 2.30. The fourth-order valence-electron chi connectivity index (χ4n) is 2.25. The minimum Gasteiger partial charge on any atom is -0.383 e.